The van der Waals surface area contributed by atoms with Crippen molar-refractivity contribution in [2.24, 2.45) is 0 Å². The van der Waals surface area contributed by atoms with Crippen LogP contribution in [0.25, 0.3) is 0 Å². The first kappa shape index (κ1) is 10.9. The average Bonchev–Trinajstić information content (AvgIpc) is 2.90. The lowest BCUT2D eigenvalue weighted by molar-refractivity contribution is 0.0844. The third-order valence-electron chi connectivity index (χ3n) is 2.07. The predicted molar refractivity (Wildman–Crippen MR) is 60.0 cm³/mol. The molecule has 0 saturated carbocycles. The summed E-state index contributed by atoms with van der Waals surface area (Å²) in [5.74, 6) is -0.801. The maximum Gasteiger partial charge on any atom is 0.286 e. The van der Waals surface area contributed by atoms with Crippen LogP contribution in [0, 0.1) is 0 Å². The van der Waals surface area contributed by atoms with Gasteiger partial charge in [0.15, 0.2) is 0 Å². The molecule has 0 aromatic carbocycles. The van der Waals surface area contributed by atoms with Crippen LogP contribution < -0.4 is 10.9 Å². The van der Waals surface area contributed by atoms with Crippen molar-refractivity contribution < 1.29 is 9.59 Å². The SMILES string of the molecule is O=C(NNC(=O)c1ccc[nH]1)c1ccncc1. The predicted octanol–water partition coefficient (Wildman–Crippen LogP) is 0.484. The van der Waals surface area contributed by atoms with Crippen molar-refractivity contribution in [3.8, 4) is 0 Å². The van der Waals surface area contributed by atoms with E-state index in [1.54, 1.807) is 30.5 Å². The highest BCUT2D eigenvalue weighted by molar-refractivity contribution is 5.98. The summed E-state index contributed by atoms with van der Waals surface area (Å²) >= 11 is 0. The van der Waals surface area contributed by atoms with Gasteiger partial charge >= 0.3 is 0 Å². The van der Waals surface area contributed by atoms with Gasteiger partial charge in [-0.2, -0.15) is 0 Å². The maximum absolute atomic E-state index is 11.6. The molecule has 0 aliphatic heterocycles. The molecule has 2 rings (SSSR count). The molecule has 0 bridgehead atoms. The number of aromatic amines is 1. The lowest BCUT2D eigenvalue weighted by atomic mass is 10.3. The highest BCUT2D eigenvalue weighted by Gasteiger charge is 2.08. The lowest BCUT2D eigenvalue weighted by Gasteiger charge is -2.05. The summed E-state index contributed by atoms with van der Waals surface area (Å²) in [6, 6.07) is 6.40. The van der Waals surface area contributed by atoms with E-state index in [1.165, 1.54) is 12.4 Å². The minimum atomic E-state index is -0.405. The Labute approximate surface area is 97.0 Å². The number of pyridine rings is 1. The topological polar surface area (TPSA) is 86.9 Å². The molecule has 0 fully saturated rings. The number of nitrogens with zero attached hydrogens (tertiary/aromatic N) is 1. The summed E-state index contributed by atoms with van der Waals surface area (Å²) in [4.78, 5) is 29.5. The fourth-order valence-corrected chi connectivity index (χ4v) is 1.23. The van der Waals surface area contributed by atoms with E-state index in [0.717, 1.165) is 0 Å². The standard InChI is InChI=1S/C11H10N4O2/c16-10(8-3-6-12-7-4-8)14-15-11(17)9-2-1-5-13-9/h1-7,13H,(H,14,16)(H,15,17). The Kier molecular flexibility index (Phi) is 3.15. The van der Waals surface area contributed by atoms with E-state index in [0.29, 0.717) is 11.3 Å². The number of amides is 2. The average molecular weight is 230 g/mol. The number of hydrazine groups is 1. The summed E-state index contributed by atoms with van der Waals surface area (Å²) in [6.07, 6.45) is 4.63. The number of hydrogen-bond donors (Lipinski definition) is 3. The second-order valence-electron chi connectivity index (χ2n) is 3.23. The van der Waals surface area contributed by atoms with Crippen LogP contribution in [0.15, 0.2) is 42.9 Å². The molecule has 2 aromatic heterocycles. The first-order valence-electron chi connectivity index (χ1n) is 4.91. The van der Waals surface area contributed by atoms with Crippen LogP contribution in [0.2, 0.25) is 0 Å². The Morgan fingerprint density at radius 3 is 2.41 bits per heavy atom. The molecular weight excluding hydrogens is 220 g/mol. The smallest absolute Gasteiger partial charge is 0.286 e. The van der Waals surface area contributed by atoms with Gasteiger partial charge in [-0.3, -0.25) is 25.4 Å². The molecular formula is C11H10N4O2. The van der Waals surface area contributed by atoms with Crippen molar-refractivity contribution in [3.05, 3.63) is 54.1 Å². The zero-order valence-electron chi connectivity index (χ0n) is 8.81. The lowest BCUT2D eigenvalue weighted by Crippen LogP contribution is -2.41. The first-order chi connectivity index (χ1) is 8.27. The number of aromatic nitrogens is 2. The molecule has 86 valence electrons. The zero-order valence-corrected chi connectivity index (χ0v) is 8.81. The normalized spacial score (nSPS) is 9.65. The molecule has 6 nitrogen and oxygen atoms in total. The fraction of sp³-hybridized carbons (Fsp3) is 0. The van der Waals surface area contributed by atoms with E-state index in [-0.39, 0.29) is 0 Å². The van der Waals surface area contributed by atoms with Gasteiger partial charge in [-0.1, -0.05) is 0 Å². The molecule has 2 aromatic rings. The van der Waals surface area contributed by atoms with E-state index in [1.807, 2.05) is 0 Å². The first-order valence-corrected chi connectivity index (χ1v) is 4.91. The summed E-state index contributed by atoms with van der Waals surface area (Å²) in [7, 11) is 0. The molecule has 6 heteroatoms. The van der Waals surface area contributed by atoms with Crippen molar-refractivity contribution in [2.45, 2.75) is 0 Å². The minimum absolute atomic E-state index is 0.375. The number of hydrogen-bond acceptors (Lipinski definition) is 3. The number of nitrogens with one attached hydrogen (secondary N) is 3. The summed E-state index contributed by atoms with van der Waals surface area (Å²) in [5.41, 5.74) is 5.39. The molecule has 0 unspecified atom stereocenters. The highest BCUT2D eigenvalue weighted by atomic mass is 16.2. The van der Waals surface area contributed by atoms with E-state index in [2.05, 4.69) is 20.8 Å². The maximum atomic E-state index is 11.6. The van der Waals surface area contributed by atoms with Crippen LogP contribution in [-0.2, 0) is 0 Å². The van der Waals surface area contributed by atoms with E-state index >= 15 is 0 Å². The second kappa shape index (κ2) is 4.93. The van der Waals surface area contributed by atoms with Gasteiger partial charge < -0.3 is 4.98 Å². The zero-order chi connectivity index (χ0) is 12.1. The molecule has 0 aliphatic carbocycles. The minimum Gasteiger partial charge on any atom is -0.357 e. The molecule has 2 heterocycles. The van der Waals surface area contributed by atoms with Crippen LogP contribution in [-0.4, -0.2) is 21.8 Å². The van der Waals surface area contributed by atoms with E-state index in [9.17, 15) is 9.59 Å². The summed E-state index contributed by atoms with van der Waals surface area (Å²) in [5, 5.41) is 0. The Bertz CT molecular complexity index is 508. The Balaban J connectivity index is 1.91. The van der Waals surface area contributed by atoms with Crippen LogP contribution in [0.4, 0.5) is 0 Å². The fourth-order valence-electron chi connectivity index (χ4n) is 1.23. The monoisotopic (exact) mass is 230 g/mol. The van der Waals surface area contributed by atoms with Gasteiger partial charge in [0.25, 0.3) is 11.8 Å². The van der Waals surface area contributed by atoms with Gasteiger partial charge in [-0.05, 0) is 24.3 Å². The van der Waals surface area contributed by atoms with E-state index in [4.69, 9.17) is 0 Å². The number of carbonyl (C=O) groups excluding carboxylic acids is 2. The summed E-state index contributed by atoms with van der Waals surface area (Å²) in [6.45, 7) is 0. The van der Waals surface area contributed by atoms with E-state index < -0.39 is 11.8 Å². The van der Waals surface area contributed by atoms with Crippen LogP contribution in [0.1, 0.15) is 20.8 Å². The largest absolute Gasteiger partial charge is 0.357 e. The Morgan fingerprint density at radius 1 is 1.06 bits per heavy atom. The molecule has 3 N–H and O–H groups in total. The van der Waals surface area contributed by atoms with Crippen LogP contribution in [0.3, 0.4) is 0 Å². The Morgan fingerprint density at radius 2 is 1.76 bits per heavy atom. The third kappa shape index (κ3) is 2.69. The quantitative estimate of drug-likeness (QED) is 0.656. The van der Waals surface area contributed by atoms with Crippen molar-refractivity contribution in [1.29, 1.82) is 0 Å². The molecule has 2 amide bonds. The van der Waals surface area contributed by atoms with Crippen molar-refractivity contribution in [1.82, 2.24) is 20.8 Å². The van der Waals surface area contributed by atoms with Crippen molar-refractivity contribution in [2.75, 3.05) is 0 Å². The molecule has 17 heavy (non-hydrogen) atoms. The third-order valence-corrected chi connectivity index (χ3v) is 2.07. The van der Waals surface area contributed by atoms with Gasteiger partial charge in [-0.25, -0.2) is 0 Å². The van der Waals surface area contributed by atoms with Crippen LogP contribution >= 0.6 is 0 Å². The molecule has 0 spiro atoms. The molecule has 0 saturated heterocycles. The highest BCUT2D eigenvalue weighted by Crippen LogP contribution is 1.95. The second-order valence-corrected chi connectivity index (χ2v) is 3.23. The van der Waals surface area contributed by atoms with Gasteiger partial charge in [0.05, 0.1) is 0 Å². The number of rotatable bonds is 2. The number of H-pyrrole nitrogens is 1. The van der Waals surface area contributed by atoms with Gasteiger partial charge in [-0.15, -0.1) is 0 Å². The molecule has 0 atom stereocenters. The van der Waals surface area contributed by atoms with Gasteiger partial charge in [0.1, 0.15) is 5.69 Å². The van der Waals surface area contributed by atoms with Crippen LogP contribution in [0.5, 0.6) is 0 Å². The van der Waals surface area contributed by atoms with Crippen molar-refractivity contribution >= 4 is 11.8 Å². The molecule has 0 radical (unpaired) electrons. The summed E-state index contributed by atoms with van der Waals surface area (Å²) < 4.78 is 0. The van der Waals surface area contributed by atoms with Gasteiger partial charge in [0, 0.05) is 24.2 Å². The molecule has 0 aliphatic rings. The van der Waals surface area contributed by atoms with Crippen molar-refractivity contribution in [3.63, 3.8) is 0 Å². The number of carbonyl (C=O) groups is 2. The Hall–Kier alpha value is -2.63. The van der Waals surface area contributed by atoms with Gasteiger partial charge in [0.2, 0.25) is 0 Å².